The fourth-order valence-electron chi connectivity index (χ4n) is 1.07. The van der Waals surface area contributed by atoms with Gasteiger partial charge in [0.15, 0.2) is 0 Å². The third-order valence-electron chi connectivity index (χ3n) is 1.72. The van der Waals surface area contributed by atoms with Crippen molar-refractivity contribution in [3.8, 4) is 0 Å². The zero-order valence-corrected chi connectivity index (χ0v) is 9.07. The molecule has 5 heteroatoms. The molecule has 2 N–H and O–H groups in total. The number of rotatable bonds is 8. The monoisotopic (exact) mass is 214 g/mol. The Bertz CT molecular complexity index is 229. The van der Waals surface area contributed by atoms with Gasteiger partial charge < -0.3 is 10.5 Å². The Morgan fingerprint density at radius 1 is 1.53 bits per heavy atom. The lowest BCUT2D eigenvalue weighted by molar-refractivity contribution is -0.144. The summed E-state index contributed by atoms with van der Waals surface area (Å²) in [5.41, 5.74) is 5.02. The Hall–Kier alpha value is -1.36. The van der Waals surface area contributed by atoms with Crippen molar-refractivity contribution in [1.82, 2.24) is 4.90 Å². The van der Waals surface area contributed by atoms with Gasteiger partial charge in [-0.2, -0.15) is 0 Å². The Labute approximate surface area is 89.9 Å². The number of primary amides is 1. The quantitative estimate of drug-likeness (QED) is 0.453. The molecule has 0 atom stereocenters. The van der Waals surface area contributed by atoms with E-state index in [1.807, 2.05) is 0 Å². The van der Waals surface area contributed by atoms with E-state index in [1.165, 1.54) is 0 Å². The molecule has 1 amide bonds. The van der Waals surface area contributed by atoms with Gasteiger partial charge in [-0.15, -0.1) is 6.58 Å². The predicted molar refractivity (Wildman–Crippen MR) is 57.1 cm³/mol. The van der Waals surface area contributed by atoms with Gasteiger partial charge in [0.1, 0.15) is 0 Å². The van der Waals surface area contributed by atoms with Crippen molar-refractivity contribution in [2.24, 2.45) is 5.73 Å². The Morgan fingerprint density at radius 2 is 2.20 bits per heavy atom. The van der Waals surface area contributed by atoms with Crippen LogP contribution in [0.15, 0.2) is 12.7 Å². The highest BCUT2D eigenvalue weighted by Gasteiger charge is 2.10. The van der Waals surface area contributed by atoms with E-state index in [0.717, 1.165) is 0 Å². The number of esters is 1. The Balaban J connectivity index is 3.96. The number of ether oxygens (including phenoxy) is 1. The summed E-state index contributed by atoms with van der Waals surface area (Å²) in [6.07, 6.45) is 1.90. The first kappa shape index (κ1) is 13.6. The van der Waals surface area contributed by atoms with Crippen LogP contribution in [-0.4, -0.2) is 43.0 Å². The van der Waals surface area contributed by atoms with Gasteiger partial charge in [0.2, 0.25) is 5.91 Å². The molecule has 0 spiro atoms. The van der Waals surface area contributed by atoms with E-state index in [9.17, 15) is 9.59 Å². The van der Waals surface area contributed by atoms with Crippen molar-refractivity contribution in [1.29, 1.82) is 0 Å². The van der Waals surface area contributed by atoms with Crippen LogP contribution in [0, 0.1) is 0 Å². The predicted octanol–water partition coefficient (Wildman–Crippen LogP) is -0.0871. The maximum absolute atomic E-state index is 11.2. The smallest absolute Gasteiger partial charge is 0.320 e. The van der Waals surface area contributed by atoms with E-state index >= 15 is 0 Å². The average Bonchev–Trinajstić information content (AvgIpc) is 2.15. The summed E-state index contributed by atoms with van der Waals surface area (Å²) < 4.78 is 4.79. The summed E-state index contributed by atoms with van der Waals surface area (Å²) >= 11 is 0. The van der Waals surface area contributed by atoms with Gasteiger partial charge >= 0.3 is 5.97 Å². The summed E-state index contributed by atoms with van der Waals surface area (Å²) in [5, 5.41) is 0. The topological polar surface area (TPSA) is 72.6 Å². The van der Waals surface area contributed by atoms with Crippen LogP contribution in [0.3, 0.4) is 0 Å². The van der Waals surface area contributed by atoms with Crippen molar-refractivity contribution in [2.75, 3.05) is 26.2 Å². The summed E-state index contributed by atoms with van der Waals surface area (Å²) in [6, 6.07) is 0. The molecule has 0 aromatic carbocycles. The molecule has 0 aliphatic rings. The zero-order chi connectivity index (χ0) is 11.7. The van der Waals surface area contributed by atoms with E-state index in [2.05, 4.69) is 6.58 Å². The van der Waals surface area contributed by atoms with Gasteiger partial charge in [-0.25, -0.2) is 0 Å². The molecule has 0 rings (SSSR count). The highest BCUT2D eigenvalue weighted by atomic mass is 16.5. The van der Waals surface area contributed by atoms with Crippen LogP contribution in [0.2, 0.25) is 0 Å². The molecule has 0 saturated heterocycles. The summed E-state index contributed by atoms with van der Waals surface area (Å²) in [6.45, 7) is 6.82. The lowest BCUT2D eigenvalue weighted by Gasteiger charge is -2.18. The number of amides is 1. The first-order valence-corrected chi connectivity index (χ1v) is 4.87. The molecule has 5 nitrogen and oxygen atoms in total. The number of hydrogen-bond acceptors (Lipinski definition) is 4. The molecular formula is C10H18N2O3. The van der Waals surface area contributed by atoms with Crippen LogP contribution >= 0.6 is 0 Å². The minimum Gasteiger partial charge on any atom is -0.465 e. The number of carbonyl (C=O) groups excluding carboxylic acids is 2. The van der Waals surface area contributed by atoms with Gasteiger partial charge in [-0.3, -0.25) is 14.5 Å². The largest absolute Gasteiger partial charge is 0.465 e. The molecule has 0 fully saturated rings. The van der Waals surface area contributed by atoms with E-state index in [1.54, 1.807) is 17.9 Å². The number of nitrogens with zero attached hydrogens (tertiary/aromatic N) is 1. The highest BCUT2D eigenvalue weighted by Crippen LogP contribution is 1.93. The maximum atomic E-state index is 11.2. The summed E-state index contributed by atoms with van der Waals surface area (Å²) in [4.78, 5) is 23.5. The van der Waals surface area contributed by atoms with Gasteiger partial charge in [0, 0.05) is 19.5 Å². The molecule has 0 bridgehead atoms. The average molecular weight is 214 g/mol. The third-order valence-corrected chi connectivity index (χ3v) is 1.72. The second-order valence-electron chi connectivity index (χ2n) is 3.05. The Kier molecular flexibility index (Phi) is 7.27. The fraction of sp³-hybridized carbons (Fsp3) is 0.600. The first-order valence-electron chi connectivity index (χ1n) is 4.87. The van der Waals surface area contributed by atoms with Gasteiger partial charge in [0.05, 0.1) is 13.2 Å². The fourth-order valence-corrected chi connectivity index (χ4v) is 1.07. The van der Waals surface area contributed by atoms with Crippen LogP contribution in [0.4, 0.5) is 0 Å². The molecule has 0 aliphatic heterocycles. The zero-order valence-electron chi connectivity index (χ0n) is 9.07. The van der Waals surface area contributed by atoms with Gasteiger partial charge in [-0.1, -0.05) is 6.08 Å². The Morgan fingerprint density at radius 3 is 2.67 bits per heavy atom. The van der Waals surface area contributed by atoms with Crippen LogP contribution in [-0.2, 0) is 14.3 Å². The second kappa shape index (κ2) is 7.99. The molecule has 0 saturated carbocycles. The molecule has 0 radical (unpaired) electrons. The summed E-state index contributed by atoms with van der Waals surface area (Å²) in [7, 11) is 0. The summed E-state index contributed by atoms with van der Waals surface area (Å²) in [5.74, 6) is -0.684. The molecular weight excluding hydrogens is 196 g/mol. The van der Waals surface area contributed by atoms with Crippen molar-refractivity contribution >= 4 is 11.9 Å². The molecule has 86 valence electrons. The van der Waals surface area contributed by atoms with Crippen LogP contribution in [0.25, 0.3) is 0 Å². The second-order valence-corrected chi connectivity index (χ2v) is 3.05. The molecule has 0 heterocycles. The van der Waals surface area contributed by atoms with E-state index in [0.29, 0.717) is 19.7 Å². The van der Waals surface area contributed by atoms with Crippen molar-refractivity contribution in [2.45, 2.75) is 13.3 Å². The van der Waals surface area contributed by atoms with E-state index in [-0.39, 0.29) is 24.8 Å². The third kappa shape index (κ3) is 7.69. The minimum atomic E-state index is -0.382. The minimum absolute atomic E-state index is 0.160. The standard InChI is InChI=1S/C10H18N2O3/c1-3-6-12(7-5-9(11)13)8-10(14)15-4-2/h3H,1,4-8H2,2H3,(H2,11,13). The lowest BCUT2D eigenvalue weighted by Crippen LogP contribution is -2.34. The molecule has 0 aliphatic carbocycles. The number of nitrogens with two attached hydrogens (primary N) is 1. The van der Waals surface area contributed by atoms with Gasteiger partial charge in [-0.05, 0) is 6.92 Å². The van der Waals surface area contributed by atoms with Crippen LogP contribution in [0.1, 0.15) is 13.3 Å². The molecule has 15 heavy (non-hydrogen) atoms. The number of carbonyl (C=O) groups is 2. The van der Waals surface area contributed by atoms with Crippen molar-refractivity contribution < 1.29 is 14.3 Å². The van der Waals surface area contributed by atoms with Crippen LogP contribution in [0.5, 0.6) is 0 Å². The normalized spacial score (nSPS) is 10.0. The number of hydrogen-bond donors (Lipinski definition) is 1. The maximum Gasteiger partial charge on any atom is 0.320 e. The highest BCUT2D eigenvalue weighted by molar-refractivity contribution is 5.74. The van der Waals surface area contributed by atoms with Gasteiger partial charge in [0.25, 0.3) is 0 Å². The first-order chi connectivity index (χ1) is 7.10. The van der Waals surface area contributed by atoms with Crippen LogP contribution < -0.4 is 5.73 Å². The van der Waals surface area contributed by atoms with E-state index < -0.39 is 0 Å². The van der Waals surface area contributed by atoms with Crippen molar-refractivity contribution in [3.63, 3.8) is 0 Å². The molecule has 0 unspecified atom stereocenters. The SMILES string of the molecule is C=CCN(CCC(N)=O)CC(=O)OCC. The lowest BCUT2D eigenvalue weighted by atomic mass is 10.3. The van der Waals surface area contributed by atoms with E-state index in [4.69, 9.17) is 10.5 Å². The van der Waals surface area contributed by atoms with Crippen molar-refractivity contribution in [3.05, 3.63) is 12.7 Å². The molecule has 0 aromatic heterocycles. The molecule has 0 aromatic rings.